The molecule has 1 unspecified atom stereocenters. The maximum absolute atomic E-state index is 4.41. The Morgan fingerprint density at radius 1 is 0.900 bits per heavy atom. The Hall–Kier alpha value is -2.66. The maximum Gasteiger partial charge on any atom is 0.0891 e. The number of nitrogens with zero attached hydrogens (tertiary/aromatic N) is 5. The molecule has 5 nitrogen and oxygen atoms in total. The summed E-state index contributed by atoms with van der Waals surface area (Å²) in [6.07, 6.45) is 2.97. The van der Waals surface area contributed by atoms with Gasteiger partial charge in [-0.3, -0.25) is 4.90 Å². The van der Waals surface area contributed by atoms with Crippen molar-refractivity contribution in [1.29, 1.82) is 0 Å². The van der Waals surface area contributed by atoms with Crippen molar-refractivity contribution in [1.82, 2.24) is 19.9 Å². The zero-order valence-corrected chi connectivity index (χ0v) is 18.7. The fraction of sp³-hybridized carbons (Fsp3) is 0.440. The van der Waals surface area contributed by atoms with Gasteiger partial charge in [0, 0.05) is 44.0 Å². The van der Waals surface area contributed by atoms with Crippen molar-refractivity contribution in [3.05, 3.63) is 65.4 Å². The number of aryl methyl sites for hydroxylation is 2. The first-order chi connectivity index (χ1) is 14.5. The van der Waals surface area contributed by atoms with Crippen molar-refractivity contribution < 1.29 is 0 Å². The van der Waals surface area contributed by atoms with E-state index in [0.29, 0.717) is 6.04 Å². The lowest BCUT2D eigenvalue weighted by Gasteiger charge is -2.37. The summed E-state index contributed by atoms with van der Waals surface area (Å²) in [6, 6.07) is 15.4. The van der Waals surface area contributed by atoms with Crippen LogP contribution in [0.25, 0.3) is 11.3 Å². The van der Waals surface area contributed by atoms with Gasteiger partial charge in [0.25, 0.3) is 0 Å². The first kappa shape index (κ1) is 20.6. The summed E-state index contributed by atoms with van der Waals surface area (Å²) < 4.78 is 2.09. The lowest BCUT2D eigenvalue weighted by atomic mass is 10.1. The molecule has 1 aliphatic rings. The average Bonchev–Trinajstić information content (AvgIpc) is 3.24. The number of anilines is 1. The molecule has 1 aromatic heterocycles. The summed E-state index contributed by atoms with van der Waals surface area (Å²) in [5, 5.41) is 8.61. The highest BCUT2D eigenvalue weighted by Crippen LogP contribution is 2.26. The Balaban J connectivity index is 1.34. The van der Waals surface area contributed by atoms with Gasteiger partial charge in [0.1, 0.15) is 0 Å². The highest BCUT2D eigenvalue weighted by molar-refractivity contribution is 5.62. The quantitative estimate of drug-likeness (QED) is 0.601. The number of benzene rings is 2. The van der Waals surface area contributed by atoms with Crippen LogP contribution in [-0.2, 0) is 0 Å². The summed E-state index contributed by atoms with van der Waals surface area (Å²) in [6.45, 7) is 14.3. The minimum absolute atomic E-state index is 0.319. The van der Waals surface area contributed by atoms with Gasteiger partial charge >= 0.3 is 0 Å². The van der Waals surface area contributed by atoms with Crippen molar-refractivity contribution in [2.75, 3.05) is 37.6 Å². The molecule has 1 atom stereocenters. The second-order valence-corrected chi connectivity index (χ2v) is 8.56. The standard InChI is InChI=1S/C25H33N5/c1-19-9-7-11-24(22(19)4)29-16-14-28(15-17-29)13-12-21(3)30-25(18-26-27-30)23-10-6-5-8-20(23)2/h5-11,18,21H,12-17H2,1-4H3. The minimum Gasteiger partial charge on any atom is -0.369 e. The Morgan fingerprint density at radius 2 is 1.63 bits per heavy atom. The normalized spacial score (nSPS) is 16.1. The maximum atomic E-state index is 4.41. The lowest BCUT2D eigenvalue weighted by molar-refractivity contribution is 0.238. The molecule has 0 aliphatic carbocycles. The first-order valence-electron chi connectivity index (χ1n) is 11.0. The lowest BCUT2D eigenvalue weighted by Crippen LogP contribution is -2.47. The van der Waals surface area contributed by atoms with Gasteiger partial charge < -0.3 is 4.90 Å². The van der Waals surface area contributed by atoms with Crippen LogP contribution >= 0.6 is 0 Å². The van der Waals surface area contributed by atoms with Gasteiger partial charge in [-0.05, 0) is 56.9 Å². The van der Waals surface area contributed by atoms with Crippen LogP contribution in [0.3, 0.4) is 0 Å². The molecule has 0 amide bonds. The SMILES string of the molecule is Cc1ccccc1-c1cnnn1C(C)CCN1CCN(c2cccc(C)c2C)CC1. The summed E-state index contributed by atoms with van der Waals surface area (Å²) in [5.41, 5.74) is 7.77. The van der Waals surface area contributed by atoms with Crippen molar-refractivity contribution in [2.24, 2.45) is 0 Å². The molecule has 0 spiro atoms. The van der Waals surface area contributed by atoms with E-state index >= 15 is 0 Å². The van der Waals surface area contributed by atoms with Gasteiger partial charge in [-0.1, -0.05) is 41.6 Å². The van der Waals surface area contributed by atoms with Crippen LogP contribution in [0.2, 0.25) is 0 Å². The van der Waals surface area contributed by atoms with E-state index in [1.54, 1.807) is 0 Å². The van der Waals surface area contributed by atoms with Crippen LogP contribution < -0.4 is 4.90 Å². The third-order valence-corrected chi connectivity index (χ3v) is 6.57. The van der Waals surface area contributed by atoms with Crippen LogP contribution in [0.4, 0.5) is 5.69 Å². The minimum atomic E-state index is 0.319. The van der Waals surface area contributed by atoms with E-state index in [1.807, 2.05) is 6.20 Å². The summed E-state index contributed by atoms with van der Waals surface area (Å²) in [5.74, 6) is 0. The van der Waals surface area contributed by atoms with Crippen LogP contribution in [0.1, 0.15) is 36.1 Å². The molecule has 2 heterocycles. The third kappa shape index (κ3) is 4.26. The molecule has 30 heavy (non-hydrogen) atoms. The number of hydrogen-bond donors (Lipinski definition) is 0. The molecule has 0 radical (unpaired) electrons. The zero-order chi connectivity index (χ0) is 21.1. The molecule has 158 valence electrons. The molecule has 1 aliphatic heterocycles. The molecule has 1 saturated heterocycles. The van der Waals surface area contributed by atoms with Crippen LogP contribution in [0.15, 0.2) is 48.7 Å². The zero-order valence-electron chi connectivity index (χ0n) is 18.7. The molecule has 2 aromatic carbocycles. The molecule has 1 fully saturated rings. The van der Waals surface area contributed by atoms with E-state index in [1.165, 1.54) is 27.9 Å². The second-order valence-electron chi connectivity index (χ2n) is 8.56. The fourth-order valence-electron chi connectivity index (χ4n) is 4.40. The van der Waals surface area contributed by atoms with E-state index in [2.05, 4.69) is 95.0 Å². The van der Waals surface area contributed by atoms with E-state index in [-0.39, 0.29) is 0 Å². The molecule has 0 saturated carbocycles. The Bertz CT molecular complexity index is 985. The average molecular weight is 404 g/mol. The highest BCUT2D eigenvalue weighted by Gasteiger charge is 2.20. The topological polar surface area (TPSA) is 37.2 Å². The van der Waals surface area contributed by atoms with E-state index in [4.69, 9.17) is 0 Å². The molecule has 5 heteroatoms. The van der Waals surface area contributed by atoms with Crippen LogP contribution in [0.5, 0.6) is 0 Å². The number of hydrogen-bond acceptors (Lipinski definition) is 4. The molecular weight excluding hydrogens is 370 g/mol. The predicted molar refractivity (Wildman–Crippen MR) is 124 cm³/mol. The Labute approximate surface area is 180 Å². The van der Waals surface area contributed by atoms with Gasteiger partial charge in [0.15, 0.2) is 0 Å². The summed E-state index contributed by atoms with van der Waals surface area (Å²) in [7, 11) is 0. The molecule has 4 rings (SSSR count). The third-order valence-electron chi connectivity index (χ3n) is 6.57. The Morgan fingerprint density at radius 3 is 2.40 bits per heavy atom. The Kier molecular flexibility index (Phi) is 6.18. The van der Waals surface area contributed by atoms with Gasteiger partial charge in [-0.2, -0.15) is 0 Å². The highest BCUT2D eigenvalue weighted by atomic mass is 15.4. The van der Waals surface area contributed by atoms with E-state index < -0.39 is 0 Å². The van der Waals surface area contributed by atoms with Crippen LogP contribution in [-0.4, -0.2) is 52.6 Å². The van der Waals surface area contributed by atoms with Crippen molar-refractivity contribution in [3.8, 4) is 11.3 Å². The van der Waals surface area contributed by atoms with Crippen molar-refractivity contribution in [3.63, 3.8) is 0 Å². The molecule has 0 bridgehead atoms. The summed E-state index contributed by atoms with van der Waals surface area (Å²) in [4.78, 5) is 5.12. The smallest absolute Gasteiger partial charge is 0.0891 e. The second kappa shape index (κ2) is 9.00. The van der Waals surface area contributed by atoms with E-state index in [9.17, 15) is 0 Å². The van der Waals surface area contributed by atoms with Crippen molar-refractivity contribution in [2.45, 2.75) is 40.2 Å². The molecular formula is C25H33N5. The number of aromatic nitrogens is 3. The fourth-order valence-corrected chi connectivity index (χ4v) is 4.40. The van der Waals surface area contributed by atoms with Gasteiger partial charge in [0.05, 0.1) is 17.9 Å². The number of rotatable bonds is 6. The number of piperazine rings is 1. The molecule has 3 aromatic rings. The predicted octanol–water partition coefficient (Wildman–Crippen LogP) is 4.64. The van der Waals surface area contributed by atoms with Crippen molar-refractivity contribution >= 4 is 5.69 Å². The summed E-state index contributed by atoms with van der Waals surface area (Å²) >= 11 is 0. The first-order valence-corrected chi connectivity index (χ1v) is 11.0. The van der Waals surface area contributed by atoms with Gasteiger partial charge in [0.2, 0.25) is 0 Å². The van der Waals surface area contributed by atoms with Crippen LogP contribution in [0, 0.1) is 20.8 Å². The van der Waals surface area contributed by atoms with Gasteiger partial charge in [-0.25, -0.2) is 4.68 Å². The largest absolute Gasteiger partial charge is 0.369 e. The van der Waals surface area contributed by atoms with E-state index in [0.717, 1.165) is 44.8 Å². The van der Waals surface area contributed by atoms with Gasteiger partial charge in [-0.15, -0.1) is 5.10 Å². The molecule has 0 N–H and O–H groups in total. The monoisotopic (exact) mass is 403 g/mol.